The van der Waals surface area contributed by atoms with Crippen molar-refractivity contribution in [2.45, 2.75) is 37.3 Å². The molecular weight excluding hydrogens is 512 g/mol. The van der Waals surface area contributed by atoms with Crippen LogP contribution in [0.15, 0.2) is 88.5 Å². The van der Waals surface area contributed by atoms with E-state index in [1.807, 2.05) is 98.8 Å². The molecular formula is C30H30N4O4S. The number of ether oxygens (including phenoxy) is 1. The van der Waals surface area contributed by atoms with E-state index in [1.54, 1.807) is 0 Å². The van der Waals surface area contributed by atoms with Gasteiger partial charge in [0, 0.05) is 23.6 Å². The molecule has 2 N–H and O–H groups in total. The van der Waals surface area contributed by atoms with E-state index in [0.717, 1.165) is 28.3 Å². The van der Waals surface area contributed by atoms with Crippen molar-refractivity contribution < 1.29 is 18.7 Å². The van der Waals surface area contributed by atoms with Crippen LogP contribution in [0.1, 0.15) is 29.8 Å². The number of hydrogen-bond donors (Lipinski definition) is 2. The second kappa shape index (κ2) is 13.4. The number of nitrogens with one attached hydrogen (secondary N) is 2. The Morgan fingerprint density at radius 3 is 2.41 bits per heavy atom. The topological polar surface area (TPSA) is 106 Å². The van der Waals surface area contributed by atoms with Gasteiger partial charge in [-0.1, -0.05) is 66.4 Å². The number of urea groups is 1. The lowest BCUT2D eigenvalue weighted by atomic mass is 10.1. The van der Waals surface area contributed by atoms with E-state index in [-0.39, 0.29) is 6.42 Å². The van der Waals surface area contributed by atoms with Gasteiger partial charge in [-0.3, -0.25) is 4.98 Å². The van der Waals surface area contributed by atoms with E-state index < -0.39 is 18.0 Å². The summed E-state index contributed by atoms with van der Waals surface area (Å²) in [5, 5.41) is 6.05. The highest BCUT2D eigenvalue weighted by atomic mass is 32.2. The zero-order valence-electron chi connectivity index (χ0n) is 22.0. The highest BCUT2D eigenvalue weighted by Gasteiger charge is 2.23. The Hall–Kier alpha value is -4.37. The quantitative estimate of drug-likeness (QED) is 0.179. The first-order valence-electron chi connectivity index (χ1n) is 12.4. The molecule has 0 bridgehead atoms. The predicted octanol–water partition coefficient (Wildman–Crippen LogP) is 6.28. The molecule has 9 heteroatoms. The van der Waals surface area contributed by atoms with Crippen molar-refractivity contribution in [3.63, 3.8) is 0 Å². The zero-order chi connectivity index (χ0) is 27.6. The summed E-state index contributed by atoms with van der Waals surface area (Å²) < 4.78 is 10.7. The van der Waals surface area contributed by atoms with Gasteiger partial charge in [0.05, 0.1) is 18.5 Å². The van der Waals surface area contributed by atoms with E-state index in [4.69, 9.17) is 9.15 Å². The number of carbonyl (C=O) groups is 2. The number of thioether (sulfide) groups is 1. The lowest BCUT2D eigenvalue weighted by molar-refractivity contribution is -0.142. The van der Waals surface area contributed by atoms with Gasteiger partial charge in [0.15, 0.2) is 5.76 Å². The number of anilines is 1. The van der Waals surface area contributed by atoms with Crippen LogP contribution >= 0.6 is 11.8 Å². The van der Waals surface area contributed by atoms with Crippen molar-refractivity contribution in [3.8, 4) is 11.1 Å². The highest BCUT2D eigenvalue weighted by Crippen LogP contribution is 2.25. The minimum absolute atomic E-state index is 0.176. The fourth-order valence-electron chi connectivity index (χ4n) is 3.86. The van der Waals surface area contributed by atoms with E-state index in [0.29, 0.717) is 22.4 Å². The van der Waals surface area contributed by atoms with Crippen molar-refractivity contribution >= 4 is 35.5 Å². The summed E-state index contributed by atoms with van der Waals surface area (Å²) in [7, 11) is 1.29. The summed E-state index contributed by atoms with van der Waals surface area (Å²) in [4.78, 5) is 34.3. The minimum Gasteiger partial charge on any atom is -0.467 e. The Labute approximate surface area is 231 Å². The van der Waals surface area contributed by atoms with E-state index in [1.165, 1.54) is 18.9 Å². The Kier molecular flexibility index (Phi) is 9.53. The average Bonchev–Trinajstić information content (AvgIpc) is 3.31. The number of amides is 2. The maximum absolute atomic E-state index is 12.7. The smallest absolute Gasteiger partial charge is 0.328 e. The molecule has 0 spiro atoms. The van der Waals surface area contributed by atoms with Gasteiger partial charge in [-0.2, -0.15) is 0 Å². The number of oxazole rings is 1. The lowest BCUT2D eigenvalue weighted by Gasteiger charge is -2.17. The van der Waals surface area contributed by atoms with Gasteiger partial charge in [0.2, 0.25) is 0 Å². The molecule has 0 radical (unpaired) electrons. The zero-order valence-corrected chi connectivity index (χ0v) is 22.8. The van der Waals surface area contributed by atoms with Gasteiger partial charge in [0.25, 0.3) is 5.22 Å². The van der Waals surface area contributed by atoms with Crippen LogP contribution in [0, 0.1) is 6.92 Å². The average molecular weight is 543 g/mol. The van der Waals surface area contributed by atoms with Crippen LogP contribution in [0.5, 0.6) is 0 Å². The monoisotopic (exact) mass is 542 g/mol. The summed E-state index contributed by atoms with van der Waals surface area (Å²) in [6.45, 7) is 3.82. The fraction of sp³-hybridized carbons (Fsp3) is 0.200. The normalized spacial score (nSPS) is 11.8. The summed E-state index contributed by atoms with van der Waals surface area (Å²) >= 11 is 1.44. The Bertz CT molecular complexity index is 1440. The van der Waals surface area contributed by atoms with E-state index in [2.05, 4.69) is 20.6 Å². The lowest BCUT2D eigenvalue weighted by Crippen LogP contribution is -2.45. The molecule has 0 fully saturated rings. The minimum atomic E-state index is -0.910. The van der Waals surface area contributed by atoms with Crippen LogP contribution in [-0.4, -0.2) is 35.1 Å². The van der Waals surface area contributed by atoms with Crippen molar-refractivity contribution in [2.75, 3.05) is 12.4 Å². The molecule has 39 heavy (non-hydrogen) atoms. The molecule has 2 heterocycles. The molecule has 2 aromatic carbocycles. The number of methoxy groups -OCH3 is 1. The molecule has 4 rings (SSSR count). The predicted molar refractivity (Wildman–Crippen MR) is 153 cm³/mol. The second-order valence-corrected chi connectivity index (χ2v) is 9.59. The van der Waals surface area contributed by atoms with Crippen molar-refractivity contribution in [1.82, 2.24) is 15.3 Å². The van der Waals surface area contributed by atoms with Gasteiger partial charge < -0.3 is 19.8 Å². The van der Waals surface area contributed by atoms with Gasteiger partial charge in [-0.25, -0.2) is 14.6 Å². The van der Waals surface area contributed by atoms with Gasteiger partial charge in [0.1, 0.15) is 6.04 Å². The van der Waals surface area contributed by atoms with Crippen LogP contribution in [0.2, 0.25) is 0 Å². The van der Waals surface area contributed by atoms with Gasteiger partial charge >= 0.3 is 12.0 Å². The third-order valence-corrected chi connectivity index (χ3v) is 6.65. The van der Waals surface area contributed by atoms with Crippen LogP contribution in [0.25, 0.3) is 17.2 Å². The number of pyridine rings is 1. The third kappa shape index (κ3) is 7.81. The first kappa shape index (κ1) is 27.7. The highest BCUT2D eigenvalue weighted by molar-refractivity contribution is 7.98. The van der Waals surface area contributed by atoms with Crippen LogP contribution in [-0.2, 0) is 21.7 Å². The fourth-order valence-corrected chi connectivity index (χ4v) is 4.64. The first-order chi connectivity index (χ1) is 18.9. The molecule has 4 aromatic rings. The number of aromatic nitrogens is 2. The maximum Gasteiger partial charge on any atom is 0.328 e. The molecule has 1 atom stereocenters. The molecule has 2 aromatic heterocycles. The van der Waals surface area contributed by atoms with Crippen LogP contribution < -0.4 is 10.6 Å². The van der Waals surface area contributed by atoms with Crippen LogP contribution in [0.3, 0.4) is 0 Å². The number of nitrogens with zero attached hydrogens (tertiary/aromatic N) is 2. The molecule has 1 unspecified atom stereocenters. The van der Waals surface area contributed by atoms with Crippen molar-refractivity contribution in [1.29, 1.82) is 0 Å². The van der Waals surface area contributed by atoms with Crippen molar-refractivity contribution in [3.05, 3.63) is 102 Å². The number of benzene rings is 2. The van der Waals surface area contributed by atoms with Crippen molar-refractivity contribution in [2.24, 2.45) is 0 Å². The number of esters is 1. The summed E-state index contributed by atoms with van der Waals surface area (Å²) in [5.74, 6) is 0.718. The van der Waals surface area contributed by atoms with Crippen LogP contribution in [0.4, 0.5) is 10.5 Å². The number of allylic oxidation sites excluding steroid dienone is 1. The number of aryl methyl sites for hydroxylation is 1. The third-order valence-electron chi connectivity index (χ3n) is 5.79. The molecule has 0 aliphatic heterocycles. The summed E-state index contributed by atoms with van der Waals surface area (Å²) in [6, 6.07) is 21.6. The molecule has 2 amide bonds. The molecule has 8 nitrogen and oxygen atoms in total. The molecule has 0 aliphatic rings. The number of rotatable bonds is 10. The maximum atomic E-state index is 12.7. The van der Waals surface area contributed by atoms with E-state index in [9.17, 15) is 9.59 Å². The standard InChI is InChI=1S/C30H30N4O4S/c1-4-9-27-20(2)31-30(38-27)39-19-25-13-8-12-24(32-25)18-26(28(35)37-3)34-29(36)33-23-16-14-22(15-17-23)21-10-6-5-7-11-21/h4-17,26H,18-19H2,1-3H3,(H2,33,34,36)/b9-4-. The molecule has 0 saturated carbocycles. The Morgan fingerprint density at radius 1 is 0.974 bits per heavy atom. The van der Waals surface area contributed by atoms with Gasteiger partial charge in [-0.05, 0) is 55.3 Å². The largest absolute Gasteiger partial charge is 0.467 e. The van der Waals surface area contributed by atoms with E-state index >= 15 is 0 Å². The Balaban J connectivity index is 1.36. The summed E-state index contributed by atoms with van der Waals surface area (Å²) in [5.41, 5.74) is 5.00. The second-order valence-electron chi connectivity index (χ2n) is 8.66. The summed E-state index contributed by atoms with van der Waals surface area (Å²) in [6.07, 6.45) is 3.96. The first-order valence-corrected chi connectivity index (χ1v) is 13.4. The number of hydrogen-bond acceptors (Lipinski definition) is 7. The molecule has 200 valence electrons. The SMILES string of the molecule is C/C=C\c1oc(SCc2cccc(CC(NC(=O)Nc3ccc(-c4ccccc4)cc3)C(=O)OC)n2)nc1C. The van der Waals surface area contributed by atoms with Gasteiger partial charge in [-0.15, -0.1) is 0 Å². The number of carbonyl (C=O) groups excluding carboxylic acids is 2. The molecule has 0 aliphatic carbocycles. The Morgan fingerprint density at radius 2 is 1.69 bits per heavy atom. The molecule has 0 saturated heterocycles.